The second kappa shape index (κ2) is 4.61. The fourth-order valence-corrected chi connectivity index (χ4v) is 1.58. The van der Waals surface area contributed by atoms with Gasteiger partial charge in [0.1, 0.15) is 0 Å². The summed E-state index contributed by atoms with van der Waals surface area (Å²) in [5, 5.41) is 4.89. The molecule has 1 amide bonds. The highest BCUT2D eigenvalue weighted by molar-refractivity contribution is 9.10. The van der Waals surface area contributed by atoms with Gasteiger partial charge >= 0.3 is 0 Å². The smallest absolute Gasteiger partial charge is 0.237 e. The number of carbonyl (C=O) groups is 1. The first kappa shape index (κ1) is 11.1. The van der Waals surface area contributed by atoms with Crippen LogP contribution in [0.1, 0.15) is 6.92 Å². The van der Waals surface area contributed by atoms with E-state index in [-0.39, 0.29) is 10.7 Å². The van der Waals surface area contributed by atoms with E-state index in [1.165, 1.54) is 0 Å². The van der Waals surface area contributed by atoms with E-state index in [0.29, 0.717) is 0 Å². The Labute approximate surface area is 102 Å². The van der Waals surface area contributed by atoms with Crippen molar-refractivity contribution in [3.8, 4) is 0 Å². The predicted octanol–water partition coefficient (Wildman–Crippen LogP) is 2.96. The van der Waals surface area contributed by atoms with Crippen LogP contribution in [0, 0.1) is 0 Å². The topological polar surface area (TPSA) is 42.0 Å². The van der Waals surface area contributed by atoms with Crippen molar-refractivity contribution >= 4 is 38.3 Å². The molecule has 0 saturated heterocycles. The van der Waals surface area contributed by atoms with Crippen molar-refractivity contribution in [2.75, 3.05) is 5.32 Å². The molecule has 2 rings (SSSR count). The summed E-state index contributed by atoms with van der Waals surface area (Å²) >= 11 is 3.24. The van der Waals surface area contributed by atoms with Gasteiger partial charge in [-0.05, 0) is 19.1 Å². The van der Waals surface area contributed by atoms with Crippen LogP contribution in [0.5, 0.6) is 0 Å². The third-order valence-electron chi connectivity index (χ3n) is 2.30. The zero-order valence-corrected chi connectivity index (χ0v) is 10.4. The number of nitrogens with zero attached hydrogens (tertiary/aromatic N) is 1. The summed E-state index contributed by atoms with van der Waals surface area (Å²) < 4.78 is 0. The minimum absolute atomic E-state index is 0.0516. The first-order chi connectivity index (χ1) is 7.68. The van der Waals surface area contributed by atoms with Gasteiger partial charge in [0.15, 0.2) is 0 Å². The molecule has 82 valence electrons. The van der Waals surface area contributed by atoms with Gasteiger partial charge in [-0.2, -0.15) is 0 Å². The number of carbonyl (C=O) groups excluding carboxylic acids is 1. The van der Waals surface area contributed by atoms with Crippen molar-refractivity contribution in [2.24, 2.45) is 0 Å². The molecule has 1 N–H and O–H groups in total. The van der Waals surface area contributed by atoms with Crippen molar-refractivity contribution in [3.05, 3.63) is 36.7 Å². The van der Waals surface area contributed by atoms with Crippen LogP contribution in [-0.2, 0) is 4.79 Å². The van der Waals surface area contributed by atoms with Crippen LogP contribution < -0.4 is 5.32 Å². The lowest BCUT2D eigenvalue weighted by Crippen LogP contribution is -2.19. The Morgan fingerprint density at radius 2 is 2.25 bits per heavy atom. The summed E-state index contributed by atoms with van der Waals surface area (Å²) in [5.74, 6) is -0.0516. The van der Waals surface area contributed by atoms with Crippen LogP contribution in [0.15, 0.2) is 36.7 Å². The van der Waals surface area contributed by atoms with Gasteiger partial charge < -0.3 is 5.32 Å². The molecule has 1 atom stereocenters. The van der Waals surface area contributed by atoms with Crippen LogP contribution in [0.2, 0.25) is 0 Å². The summed E-state index contributed by atoms with van der Waals surface area (Å²) in [5.41, 5.74) is 0.816. The Hall–Kier alpha value is -1.42. The maximum absolute atomic E-state index is 11.6. The van der Waals surface area contributed by atoms with Crippen molar-refractivity contribution < 1.29 is 4.79 Å². The Morgan fingerprint density at radius 3 is 3.00 bits per heavy atom. The molecule has 0 aliphatic heterocycles. The number of rotatable bonds is 2. The predicted molar refractivity (Wildman–Crippen MR) is 68.8 cm³/mol. The number of hydrogen-bond acceptors (Lipinski definition) is 2. The van der Waals surface area contributed by atoms with E-state index < -0.39 is 0 Å². The lowest BCUT2D eigenvalue weighted by Gasteiger charge is -2.09. The Kier molecular flexibility index (Phi) is 3.19. The lowest BCUT2D eigenvalue weighted by molar-refractivity contribution is -0.115. The molecular weight excluding hydrogens is 268 g/mol. The van der Waals surface area contributed by atoms with Gasteiger partial charge in [0.2, 0.25) is 5.91 Å². The van der Waals surface area contributed by atoms with Gasteiger partial charge in [-0.25, -0.2) is 0 Å². The zero-order chi connectivity index (χ0) is 11.5. The highest BCUT2D eigenvalue weighted by Crippen LogP contribution is 2.22. The van der Waals surface area contributed by atoms with Crippen LogP contribution >= 0.6 is 15.9 Å². The van der Waals surface area contributed by atoms with E-state index in [1.54, 1.807) is 19.3 Å². The molecule has 0 aliphatic carbocycles. The number of pyridine rings is 1. The van der Waals surface area contributed by atoms with E-state index in [9.17, 15) is 4.79 Å². The molecular formula is C12H11BrN2O. The molecule has 0 radical (unpaired) electrons. The van der Waals surface area contributed by atoms with Crippen LogP contribution in [0.3, 0.4) is 0 Å². The Bertz CT molecular complexity index is 520. The minimum Gasteiger partial charge on any atom is -0.325 e. The fourth-order valence-electron chi connectivity index (χ4n) is 1.46. The highest BCUT2D eigenvalue weighted by atomic mass is 79.9. The molecule has 4 heteroatoms. The normalized spacial score (nSPS) is 12.4. The molecule has 2 aromatic rings. The quantitative estimate of drug-likeness (QED) is 0.859. The maximum Gasteiger partial charge on any atom is 0.237 e. The number of halogens is 1. The summed E-state index contributed by atoms with van der Waals surface area (Å²) in [6.45, 7) is 1.79. The molecule has 0 spiro atoms. The molecule has 1 aromatic heterocycles. The molecule has 1 heterocycles. The fraction of sp³-hybridized carbons (Fsp3) is 0.167. The first-order valence-corrected chi connectivity index (χ1v) is 5.88. The van der Waals surface area contributed by atoms with Crippen molar-refractivity contribution in [2.45, 2.75) is 11.8 Å². The van der Waals surface area contributed by atoms with Crippen LogP contribution in [0.4, 0.5) is 5.69 Å². The largest absolute Gasteiger partial charge is 0.325 e. The Balaban J connectivity index is 2.41. The molecule has 1 aromatic carbocycles. The second-order valence-corrected chi connectivity index (χ2v) is 4.88. The SMILES string of the molecule is CC(Br)C(=O)Nc1cccc2cnccc12. The minimum atomic E-state index is -0.204. The number of amides is 1. The molecule has 3 nitrogen and oxygen atoms in total. The molecule has 1 unspecified atom stereocenters. The van der Waals surface area contributed by atoms with Gasteiger partial charge in [0, 0.05) is 28.9 Å². The molecule has 0 fully saturated rings. The summed E-state index contributed by atoms with van der Waals surface area (Å²) in [6.07, 6.45) is 3.50. The number of alkyl halides is 1. The first-order valence-electron chi connectivity index (χ1n) is 4.96. The molecule has 0 bridgehead atoms. The van der Waals surface area contributed by atoms with Crippen LogP contribution in [0.25, 0.3) is 10.8 Å². The van der Waals surface area contributed by atoms with Gasteiger partial charge in [-0.3, -0.25) is 9.78 Å². The summed E-state index contributed by atoms with van der Waals surface area (Å²) in [7, 11) is 0. The lowest BCUT2D eigenvalue weighted by atomic mass is 10.1. The number of hydrogen-bond donors (Lipinski definition) is 1. The number of anilines is 1. The van der Waals surface area contributed by atoms with E-state index in [1.807, 2.05) is 24.3 Å². The third kappa shape index (κ3) is 2.22. The number of nitrogens with one attached hydrogen (secondary N) is 1. The zero-order valence-electron chi connectivity index (χ0n) is 8.77. The van der Waals surface area contributed by atoms with E-state index in [0.717, 1.165) is 16.5 Å². The van der Waals surface area contributed by atoms with Gasteiger partial charge in [0.25, 0.3) is 0 Å². The van der Waals surface area contributed by atoms with E-state index in [4.69, 9.17) is 0 Å². The average Bonchev–Trinajstić information content (AvgIpc) is 2.29. The summed E-state index contributed by atoms with van der Waals surface area (Å²) in [4.78, 5) is 15.4. The Morgan fingerprint density at radius 1 is 1.44 bits per heavy atom. The average molecular weight is 279 g/mol. The van der Waals surface area contributed by atoms with Crippen molar-refractivity contribution in [3.63, 3.8) is 0 Å². The molecule has 0 saturated carbocycles. The van der Waals surface area contributed by atoms with Gasteiger partial charge in [-0.1, -0.05) is 28.1 Å². The number of fused-ring (bicyclic) bond motifs is 1. The third-order valence-corrected chi connectivity index (χ3v) is 2.72. The standard InChI is InChI=1S/C12H11BrN2O/c1-8(13)12(16)15-11-4-2-3-9-7-14-6-5-10(9)11/h2-8H,1H3,(H,15,16). The number of benzene rings is 1. The second-order valence-electron chi connectivity index (χ2n) is 3.51. The summed E-state index contributed by atoms with van der Waals surface area (Å²) in [6, 6.07) is 7.65. The van der Waals surface area contributed by atoms with Gasteiger partial charge in [-0.15, -0.1) is 0 Å². The van der Waals surface area contributed by atoms with Gasteiger partial charge in [0.05, 0.1) is 4.83 Å². The van der Waals surface area contributed by atoms with E-state index in [2.05, 4.69) is 26.2 Å². The van der Waals surface area contributed by atoms with E-state index >= 15 is 0 Å². The van der Waals surface area contributed by atoms with Crippen molar-refractivity contribution in [1.29, 1.82) is 0 Å². The van der Waals surface area contributed by atoms with Crippen molar-refractivity contribution in [1.82, 2.24) is 4.98 Å². The highest BCUT2D eigenvalue weighted by Gasteiger charge is 2.10. The monoisotopic (exact) mass is 278 g/mol. The molecule has 0 aliphatic rings. The number of aromatic nitrogens is 1. The van der Waals surface area contributed by atoms with Crippen LogP contribution in [-0.4, -0.2) is 15.7 Å². The maximum atomic E-state index is 11.6. The molecule has 16 heavy (non-hydrogen) atoms.